The third kappa shape index (κ3) is 2.79. The van der Waals surface area contributed by atoms with Gasteiger partial charge in [0.15, 0.2) is 5.69 Å². The van der Waals surface area contributed by atoms with Crippen LogP contribution < -0.4 is 4.90 Å². The van der Waals surface area contributed by atoms with Gasteiger partial charge in [-0.25, -0.2) is 9.97 Å². The van der Waals surface area contributed by atoms with Gasteiger partial charge in [-0.3, -0.25) is 9.89 Å². The van der Waals surface area contributed by atoms with Crippen LogP contribution in [0.1, 0.15) is 40.9 Å². The average Bonchev–Trinajstić information content (AvgIpc) is 3.28. The lowest BCUT2D eigenvalue weighted by atomic mass is 10.1. The minimum atomic E-state index is -0.0485. The molecule has 1 atom stereocenters. The number of anilines is 1. The average molecular weight is 350 g/mol. The van der Waals surface area contributed by atoms with Crippen molar-refractivity contribution in [3.05, 3.63) is 47.5 Å². The number of likely N-dealkylation sites (tertiary alicyclic amines) is 1. The minimum Gasteiger partial charge on any atom is -0.363 e. The van der Waals surface area contributed by atoms with Gasteiger partial charge >= 0.3 is 0 Å². The minimum absolute atomic E-state index is 0.0432. The topological polar surface area (TPSA) is 78.0 Å². The summed E-state index contributed by atoms with van der Waals surface area (Å²) in [6.07, 6.45) is 1.86. The number of fused-ring (bicyclic) bond motifs is 1. The van der Waals surface area contributed by atoms with Gasteiger partial charge in [0.1, 0.15) is 11.6 Å². The predicted molar refractivity (Wildman–Crippen MR) is 100 cm³/mol. The fourth-order valence-electron chi connectivity index (χ4n) is 3.55. The van der Waals surface area contributed by atoms with Crippen LogP contribution in [0.15, 0.2) is 30.3 Å². The van der Waals surface area contributed by atoms with Crippen molar-refractivity contribution >= 4 is 22.6 Å². The van der Waals surface area contributed by atoms with E-state index in [1.807, 2.05) is 61.2 Å². The van der Waals surface area contributed by atoms with Gasteiger partial charge in [-0.2, -0.15) is 5.10 Å². The molecule has 0 bridgehead atoms. The number of rotatable bonds is 3. The molecule has 0 unspecified atom stereocenters. The van der Waals surface area contributed by atoms with Crippen molar-refractivity contribution in [3.8, 4) is 0 Å². The van der Waals surface area contributed by atoms with E-state index in [4.69, 9.17) is 0 Å². The molecule has 3 aromatic rings. The lowest BCUT2D eigenvalue weighted by Gasteiger charge is -2.25. The highest BCUT2D eigenvalue weighted by molar-refractivity contribution is 6.04. The monoisotopic (exact) mass is 350 g/mol. The van der Waals surface area contributed by atoms with Gasteiger partial charge in [0.25, 0.3) is 5.91 Å². The first-order chi connectivity index (χ1) is 12.5. The van der Waals surface area contributed by atoms with Gasteiger partial charge in [0.2, 0.25) is 0 Å². The third-order valence-electron chi connectivity index (χ3n) is 4.83. The number of hydrogen-bond acceptors (Lipinski definition) is 5. The first-order valence-corrected chi connectivity index (χ1v) is 8.81. The van der Waals surface area contributed by atoms with E-state index in [0.29, 0.717) is 12.2 Å². The fourth-order valence-corrected chi connectivity index (χ4v) is 3.55. The van der Waals surface area contributed by atoms with Crippen molar-refractivity contribution in [2.45, 2.75) is 25.8 Å². The van der Waals surface area contributed by atoms with Gasteiger partial charge in [-0.15, -0.1) is 0 Å². The van der Waals surface area contributed by atoms with Gasteiger partial charge in [-0.1, -0.05) is 18.2 Å². The first kappa shape index (κ1) is 16.5. The lowest BCUT2D eigenvalue weighted by molar-refractivity contribution is 0.0728. The zero-order valence-electron chi connectivity index (χ0n) is 15.2. The van der Waals surface area contributed by atoms with Gasteiger partial charge in [0.05, 0.1) is 17.3 Å². The summed E-state index contributed by atoms with van der Waals surface area (Å²) in [5.74, 6) is 1.53. The smallest absolute Gasteiger partial charge is 0.275 e. The maximum atomic E-state index is 13.2. The SMILES string of the molecule is Cc1nc([C@@H]2CCCN2C(=O)c2n[nH]c3ccccc23)cc(N(C)C)n1. The maximum absolute atomic E-state index is 13.2. The number of amides is 1. The molecule has 134 valence electrons. The number of carbonyl (C=O) groups is 1. The molecule has 0 radical (unpaired) electrons. The number of aryl methyl sites for hydroxylation is 1. The van der Waals surface area contributed by atoms with E-state index < -0.39 is 0 Å². The Hall–Kier alpha value is -2.96. The van der Waals surface area contributed by atoms with Crippen molar-refractivity contribution in [2.24, 2.45) is 0 Å². The van der Waals surface area contributed by atoms with Crippen molar-refractivity contribution in [1.82, 2.24) is 25.1 Å². The van der Waals surface area contributed by atoms with Gasteiger partial charge < -0.3 is 9.80 Å². The van der Waals surface area contributed by atoms with E-state index in [-0.39, 0.29) is 11.9 Å². The Labute approximate surface area is 152 Å². The van der Waals surface area contributed by atoms with Crippen LogP contribution in [0.5, 0.6) is 0 Å². The second-order valence-electron chi connectivity index (χ2n) is 6.87. The highest BCUT2D eigenvalue weighted by Gasteiger charge is 2.33. The maximum Gasteiger partial charge on any atom is 0.275 e. The molecule has 1 amide bonds. The highest BCUT2D eigenvalue weighted by Crippen LogP contribution is 2.33. The predicted octanol–water partition coefficient (Wildman–Crippen LogP) is 2.70. The van der Waals surface area contributed by atoms with E-state index in [1.54, 1.807) is 0 Å². The van der Waals surface area contributed by atoms with Crippen LogP contribution in [-0.4, -0.2) is 51.6 Å². The molecule has 26 heavy (non-hydrogen) atoms. The molecule has 0 saturated carbocycles. The molecule has 1 aliphatic rings. The van der Waals surface area contributed by atoms with Crippen molar-refractivity contribution < 1.29 is 4.79 Å². The second-order valence-corrected chi connectivity index (χ2v) is 6.87. The Morgan fingerprint density at radius 1 is 1.27 bits per heavy atom. The molecule has 4 rings (SSSR count). The van der Waals surface area contributed by atoms with Crippen LogP contribution in [0.4, 0.5) is 5.82 Å². The number of para-hydroxylation sites is 1. The number of nitrogens with one attached hydrogen (secondary N) is 1. The summed E-state index contributed by atoms with van der Waals surface area (Å²) in [7, 11) is 3.91. The first-order valence-electron chi connectivity index (χ1n) is 8.81. The zero-order chi connectivity index (χ0) is 18.3. The normalized spacial score (nSPS) is 17.0. The third-order valence-corrected chi connectivity index (χ3v) is 4.83. The quantitative estimate of drug-likeness (QED) is 0.786. The molecule has 0 aliphatic carbocycles. The van der Waals surface area contributed by atoms with Gasteiger partial charge in [-0.05, 0) is 25.8 Å². The summed E-state index contributed by atoms with van der Waals surface area (Å²) in [5.41, 5.74) is 2.25. The largest absolute Gasteiger partial charge is 0.363 e. The van der Waals surface area contributed by atoms with Crippen LogP contribution in [0.25, 0.3) is 10.9 Å². The molecule has 1 fully saturated rings. The molecule has 2 aromatic heterocycles. The fraction of sp³-hybridized carbons (Fsp3) is 0.368. The van der Waals surface area contributed by atoms with E-state index in [1.165, 1.54) is 0 Å². The number of benzene rings is 1. The summed E-state index contributed by atoms with van der Waals surface area (Å²) >= 11 is 0. The van der Waals surface area contributed by atoms with Crippen LogP contribution in [-0.2, 0) is 0 Å². The summed E-state index contributed by atoms with van der Waals surface area (Å²) < 4.78 is 0. The molecular weight excluding hydrogens is 328 g/mol. The number of nitrogens with zero attached hydrogens (tertiary/aromatic N) is 5. The van der Waals surface area contributed by atoms with Crippen molar-refractivity contribution in [1.29, 1.82) is 0 Å². The number of hydrogen-bond donors (Lipinski definition) is 1. The van der Waals surface area contributed by atoms with Crippen LogP contribution >= 0.6 is 0 Å². The van der Waals surface area contributed by atoms with Crippen LogP contribution in [0.3, 0.4) is 0 Å². The Morgan fingerprint density at radius 2 is 2.08 bits per heavy atom. The van der Waals surface area contributed by atoms with Crippen molar-refractivity contribution in [2.75, 3.05) is 25.5 Å². The second kappa shape index (κ2) is 6.40. The highest BCUT2D eigenvalue weighted by atomic mass is 16.2. The molecule has 7 nitrogen and oxygen atoms in total. The number of aromatic nitrogens is 4. The Bertz CT molecular complexity index is 964. The number of aromatic amines is 1. The summed E-state index contributed by atoms with van der Waals surface area (Å²) in [4.78, 5) is 26.1. The Morgan fingerprint density at radius 3 is 2.88 bits per heavy atom. The zero-order valence-corrected chi connectivity index (χ0v) is 15.2. The summed E-state index contributed by atoms with van der Waals surface area (Å²) in [5, 5.41) is 8.08. The van der Waals surface area contributed by atoms with E-state index in [2.05, 4.69) is 20.2 Å². The van der Waals surface area contributed by atoms with Crippen LogP contribution in [0, 0.1) is 6.92 Å². The number of H-pyrrole nitrogens is 1. The molecular formula is C19H22N6O. The standard InChI is InChI=1S/C19H22N6O/c1-12-20-15(11-17(21-12)24(2)3)16-9-6-10-25(16)19(26)18-13-7-4-5-8-14(13)22-23-18/h4-5,7-8,11,16H,6,9-10H2,1-3H3,(H,22,23)/t16-/m0/s1. The Kier molecular flexibility index (Phi) is 4.06. The van der Waals surface area contributed by atoms with Gasteiger partial charge in [0, 0.05) is 32.1 Å². The molecule has 1 aromatic carbocycles. The summed E-state index contributed by atoms with van der Waals surface area (Å²) in [6.45, 7) is 2.60. The Balaban J connectivity index is 1.70. The molecule has 1 N–H and O–H groups in total. The molecule has 0 spiro atoms. The van der Waals surface area contributed by atoms with Crippen LogP contribution in [0.2, 0.25) is 0 Å². The lowest BCUT2D eigenvalue weighted by Crippen LogP contribution is -2.31. The van der Waals surface area contributed by atoms with E-state index >= 15 is 0 Å². The van der Waals surface area contributed by atoms with E-state index in [0.717, 1.165) is 41.1 Å². The number of carbonyl (C=O) groups excluding carboxylic acids is 1. The summed E-state index contributed by atoms with van der Waals surface area (Å²) in [6, 6.07) is 9.64. The molecule has 3 heterocycles. The van der Waals surface area contributed by atoms with E-state index in [9.17, 15) is 4.79 Å². The van der Waals surface area contributed by atoms with Crippen molar-refractivity contribution in [3.63, 3.8) is 0 Å². The molecule has 1 saturated heterocycles. The molecule has 7 heteroatoms. The molecule has 1 aliphatic heterocycles.